The van der Waals surface area contributed by atoms with Gasteiger partial charge in [0, 0.05) is 26.2 Å². The van der Waals surface area contributed by atoms with Crippen LogP contribution in [0.5, 0.6) is 0 Å². The molecule has 0 amide bonds. The van der Waals surface area contributed by atoms with E-state index in [1.54, 1.807) is 0 Å². The first-order chi connectivity index (χ1) is 8.03. The van der Waals surface area contributed by atoms with E-state index in [0.29, 0.717) is 0 Å². The van der Waals surface area contributed by atoms with Gasteiger partial charge in [-0.25, -0.2) is 0 Å². The first kappa shape index (κ1) is 12.6. The Morgan fingerprint density at radius 1 is 1.35 bits per heavy atom. The summed E-state index contributed by atoms with van der Waals surface area (Å²) in [7, 11) is 6.39. The minimum atomic E-state index is 0.215. The summed E-state index contributed by atoms with van der Waals surface area (Å²) in [5.41, 5.74) is 6.26. The summed E-state index contributed by atoms with van der Waals surface area (Å²) in [5, 5.41) is 0. The van der Waals surface area contributed by atoms with Crippen molar-refractivity contribution in [3.05, 3.63) is 0 Å². The summed E-state index contributed by atoms with van der Waals surface area (Å²) in [4.78, 5) is 11.4. The minimum Gasteiger partial charge on any atom is -0.370 e. The van der Waals surface area contributed by atoms with E-state index >= 15 is 0 Å². The lowest BCUT2D eigenvalue weighted by atomic mass is 9.87. The van der Waals surface area contributed by atoms with Crippen LogP contribution in [0.25, 0.3) is 0 Å². The van der Waals surface area contributed by atoms with Crippen LogP contribution in [-0.2, 0) is 0 Å². The molecule has 2 N–H and O–H groups in total. The molecule has 17 heavy (non-hydrogen) atoms. The maximum atomic E-state index is 6.05. The molecule has 0 saturated carbocycles. The molecule has 0 aromatic heterocycles. The van der Waals surface area contributed by atoms with Gasteiger partial charge in [0.1, 0.15) is 0 Å². The number of piperidine rings is 1. The highest BCUT2D eigenvalue weighted by Gasteiger charge is 2.43. The average Bonchev–Trinajstić information content (AvgIpc) is 2.58. The van der Waals surface area contributed by atoms with Gasteiger partial charge in [-0.2, -0.15) is 0 Å². The van der Waals surface area contributed by atoms with Crippen LogP contribution < -0.4 is 5.73 Å². The molecule has 0 aromatic rings. The molecule has 0 unspecified atom stereocenters. The second kappa shape index (κ2) is 4.82. The first-order valence-corrected chi connectivity index (χ1v) is 6.44. The van der Waals surface area contributed by atoms with Crippen LogP contribution in [0.2, 0.25) is 0 Å². The summed E-state index contributed by atoms with van der Waals surface area (Å²) >= 11 is 0. The van der Waals surface area contributed by atoms with Crippen molar-refractivity contribution in [1.29, 1.82) is 0 Å². The van der Waals surface area contributed by atoms with Crippen LogP contribution >= 0.6 is 0 Å². The van der Waals surface area contributed by atoms with Gasteiger partial charge in [0.05, 0.1) is 12.1 Å². The van der Waals surface area contributed by atoms with Gasteiger partial charge in [0.2, 0.25) is 0 Å². The lowest BCUT2D eigenvalue weighted by molar-refractivity contribution is 0.0944. The summed E-state index contributed by atoms with van der Waals surface area (Å²) in [5.74, 6) is 0.747. The van der Waals surface area contributed by atoms with E-state index in [1.165, 1.54) is 12.8 Å². The number of nitrogens with zero attached hydrogens (tertiary/aromatic N) is 4. The Morgan fingerprint density at radius 2 is 2.00 bits per heavy atom. The standard InChI is InChI=1S/C12H25N5/c1-15(2)8-9-17-11(13)14-10-12(17)4-6-16(3)7-5-12/h4-10H2,1-3H3,(H2,13,14). The fraction of sp³-hybridized carbons (Fsp3) is 0.917. The molecule has 5 heteroatoms. The Morgan fingerprint density at radius 3 is 2.59 bits per heavy atom. The van der Waals surface area contributed by atoms with Gasteiger partial charge in [0.15, 0.2) is 5.96 Å². The Labute approximate surface area is 104 Å². The summed E-state index contributed by atoms with van der Waals surface area (Å²) in [6, 6.07) is 0. The number of likely N-dealkylation sites (N-methyl/N-ethyl adjacent to an activating group) is 1. The summed E-state index contributed by atoms with van der Waals surface area (Å²) in [6.07, 6.45) is 2.36. The number of rotatable bonds is 3. The van der Waals surface area contributed by atoms with Crippen molar-refractivity contribution < 1.29 is 0 Å². The molecule has 1 spiro atoms. The molecule has 5 nitrogen and oxygen atoms in total. The Kier molecular flexibility index (Phi) is 3.58. The quantitative estimate of drug-likeness (QED) is 0.731. The highest BCUT2D eigenvalue weighted by Crippen LogP contribution is 2.32. The van der Waals surface area contributed by atoms with E-state index in [1.807, 2.05) is 0 Å². The van der Waals surface area contributed by atoms with Gasteiger partial charge in [-0.3, -0.25) is 4.99 Å². The van der Waals surface area contributed by atoms with E-state index < -0.39 is 0 Å². The van der Waals surface area contributed by atoms with Crippen molar-refractivity contribution in [2.45, 2.75) is 18.4 Å². The van der Waals surface area contributed by atoms with Crippen molar-refractivity contribution in [1.82, 2.24) is 14.7 Å². The van der Waals surface area contributed by atoms with Crippen LogP contribution in [0, 0.1) is 0 Å². The molecule has 1 fully saturated rings. The summed E-state index contributed by atoms with van der Waals surface area (Å²) < 4.78 is 0. The third kappa shape index (κ3) is 2.55. The zero-order valence-corrected chi connectivity index (χ0v) is 11.3. The van der Waals surface area contributed by atoms with Crippen molar-refractivity contribution in [3.63, 3.8) is 0 Å². The zero-order chi connectivity index (χ0) is 12.5. The van der Waals surface area contributed by atoms with Crippen molar-refractivity contribution in [2.75, 3.05) is 53.9 Å². The van der Waals surface area contributed by atoms with Crippen LogP contribution in [-0.4, -0.2) is 80.1 Å². The topological polar surface area (TPSA) is 48.1 Å². The molecule has 98 valence electrons. The largest absolute Gasteiger partial charge is 0.370 e. The number of nitrogens with two attached hydrogens (primary N) is 1. The third-order valence-electron chi connectivity index (χ3n) is 4.07. The van der Waals surface area contributed by atoms with Gasteiger partial charge in [-0.05, 0) is 34.0 Å². The molecular formula is C12H25N5. The Hall–Kier alpha value is -0.810. The Balaban J connectivity index is 2.01. The molecule has 0 aromatic carbocycles. The van der Waals surface area contributed by atoms with E-state index in [-0.39, 0.29) is 5.54 Å². The maximum Gasteiger partial charge on any atom is 0.191 e. The molecule has 0 radical (unpaired) electrons. The number of aliphatic imine (C=N–C) groups is 1. The predicted octanol–water partition coefficient (Wildman–Crippen LogP) is -0.357. The van der Waals surface area contributed by atoms with Gasteiger partial charge in [-0.1, -0.05) is 0 Å². The van der Waals surface area contributed by atoms with Crippen molar-refractivity contribution in [2.24, 2.45) is 10.7 Å². The monoisotopic (exact) mass is 239 g/mol. The highest BCUT2D eigenvalue weighted by molar-refractivity contribution is 5.81. The lowest BCUT2D eigenvalue weighted by Gasteiger charge is -2.44. The number of guanidine groups is 1. The lowest BCUT2D eigenvalue weighted by Crippen LogP contribution is -2.57. The average molecular weight is 239 g/mol. The van der Waals surface area contributed by atoms with Gasteiger partial charge >= 0.3 is 0 Å². The first-order valence-electron chi connectivity index (χ1n) is 6.44. The second-order valence-corrected chi connectivity index (χ2v) is 5.66. The third-order valence-corrected chi connectivity index (χ3v) is 4.07. The van der Waals surface area contributed by atoms with Crippen LogP contribution in [0.15, 0.2) is 4.99 Å². The van der Waals surface area contributed by atoms with Crippen LogP contribution in [0.4, 0.5) is 0 Å². The maximum absolute atomic E-state index is 6.05. The SMILES string of the molecule is CN(C)CCN1C(N)=NCC12CCN(C)CC2. The minimum absolute atomic E-state index is 0.215. The van der Waals surface area contributed by atoms with Gasteiger partial charge in [0.25, 0.3) is 0 Å². The van der Waals surface area contributed by atoms with Gasteiger partial charge < -0.3 is 20.4 Å². The predicted molar refractivity (Wildman–Crippen MR) is 71.2 cm³/mol. The molecule has 0 aliphatic carbocycles. The molecule has 1 saturated heterocycles. The molecule has 2 rings (SSSR count). The van der Waals surface area contributed by atoms with Crippen LogP contribution in [0.3, 0.4) is 0 Å². The van der Waals surface area contributed by atoms with E-state index in [4.69, 9.17) is 5.73 Å². The fourth-order valence-corrected chi connectivity index (χ4v) is 2.76. The summed E-state index contributed by atoms with van der Waals surface area (Å²) in [6.45, 7) is 5.22. The van der Waals surface area contributed by atoms with Crippen molar-refractivity contribution >= 4 is 5.96 Å². The van der Waals surface area contributed by atoms with E-state index in [2.05, 4.69) is 40.8 Å². The fourth-order valence-electron chi connectivity index (χ4n) is 2.76. The van der Waals surface area contributed by atoms with Crippen molar-refractivity contribution in [3.8, 4) is 0 Å². The smallest absolute Gasteiger partial charge is 0.191 e. The molecular weight excluding hydrogens is 214 g/mol. The highest BCUT2D eigenvalue weighted by atomic mass is 15.4. The zero-order valence-electron chi connectivity index (χ0n) is 11.3. The van der Waals surface area contributed by atoms with Gasteiger partial charge in [-0.15, -0.1) is 0 Å². The van der Waals surface area contributed by atoms with E-state index in [0.717, 1.165) is 38.7 Å². The second-order valence-electron chi connectivity index (χ2n) is 5.66. The Bertz CT molecular complexity index is 291. The van der Waals surface area contributed by atoms with E-state index in [9.17, 15) is 0 Å². The molecule has 2 aliphatic rings. The number of likely N-dealkylation sites (tertiary alicyclic amines) is 1. The normalized spacial score (nSPS) is 24.7. The molecule has 0 bridgehead atoms. The molecule has 2 aliphatic heterocycles. The number of hydrogen-bond acceptors (Lipinski definition) is 5. The number of hydrogen-bond donors (Lipinski definition) is 1. The van der Waals surface area contributed by atoms with Crippen LogP contribution in [0.1, 0.15) is 12.8 Å². The molecule has 2 heterocycles. The molecule has 0 atom stereocenters.